The fourth-order valence-corrected chi connectivity index (χ4v) is 2.89. The molecule has 4 nitrogen and oxygen atoms in total. The summed E-state index contributed by atoms with van der Waals surface area (Å²) in [5.74, 6) is 1.43. The highest BCUT2D eigenvalue weighted by atomic mass is 16.5. The van der Waals surface area contributed by atoms with Gasteiger partial charge in [-0.15, -0.1) is 0 Å². The van der Waals surface area contributed by atoms with E-state index in [0.717, 1.165) is 22.4 Å². The van der Waals surface area contributed by atoms with Crippen molar-refractivity contribution in [2.75, 3.05) is 13.7 Å². The zero-order valence-electron chi connectivity index (χ0n) is 15.5. The molecule has 140 valence electrons. The molecule has 0 amide bonds. The molecule has 3 aromatic rings. The summed E-state index contributed by atoms with van der Waals surface area (Å²) in [6.07, 6.45) is -0.550. The lowest BCUT2D eigenvalue weighted by Gasteiger charge is -2.17. The predicted octanol–water partition coefficient (Wildman–Crippen LogP) is 4.10. The Hall–Kier alpha value is -2.82. The molecule has 0 fully saturated rings. The predicted molar refractivity (Wildman–Crippen MR) is 107 cm³/mol. The smallest absolute Gasteiger partial charge is 0.166 e. The molecule has 2 N–H and O–H groups in total. The second-order valence-corrected chi connectivity index (χ2v) is 6.28. The first-order valence-corrected chi connectivity index (χ1v) is 9.04. The third kappa shape index (κ3) is 5.33. The molecule has 0 aliphatic heterocycles. The molecule has 27 heavy (non-hydrogen) atoms. The molecule has 0 heterocycles. The van der Waals surface area contributed by atoms with Crippen LogP contribution in [0.25, 0.3) is 0 Å². The largest absolute Gasteiger partial charge is 0.493 e. The number of aliphatic hydroxyl groups is 1. The van der Waals surface area contributed by atoms with Crippen LogP contribution in [0, 0.1) is 0 Å². The summed E-state index contributed by atoms with van der Waals surface area (Å²) in [5, 5.41) is 13.6. The molecule has 3 rings (SSSR count). The van der Waals surface area contributed by atoms with Crippen LogP contribution >= 0.6 is 0 Å². The van der Waals surface area contributed by atoms with Crippen molar-refractivity contribution in [3.8, 4) is 11.5 Å². The van der Waals surface area contributed by atoms with Crippen LogP contribution in [0.1, 0.15) is 22.8 Å². The summed E-state index contributed by atoms with van der Waals surface area (Å²) >= 11 is 0. The third-order valence-electron chi connectivity index (χ3n) is 4.34. The molecule has 0 saturated heterocycles. The highest BCUT2D eigenvalue weighted by molar-refractivity contribution is 5.46. The van der Waals surface area contributed by atoms with Gasteiger partial charge in [0, 0.05) is 18.7 Å². The molecule has 0 aliphatic carbocycles. The molecular formula is C23H25NO3. The van der Waals surface area contributed by atoms with Crippen molar-refractivity contribution in [1.82, 2.24) is 5.32 Å². The summed E-state index contributed by atoms with van der Waals surface area (Å²) in [6, 6.07) is 25.5. The summed E-state index contributed by atoms with van der Waals surface area (Å²) in [4.78, 5) is 0. The van der Waals surface area contributed by atoms with Crippen LogP contribution in [0.2, 0.25) is 0 Å². The quantitative estimate of drug-likeness (QED) is 0.601. The van der Waals surface area contributed by atoms with Gasteiger partial charge in [-0.05, 0) is 17.2 Å². The van der Waals surface area contributed by atoms with Crippen molar-refractivity contribution >= 4 is 0 Å². The maximum atomic E-state index is 10.3. The first-order valence-electron chi connectivity index (χ1n) is 9.04. The number of hydrogen-bond acceptors (Lipinski definition) is 4. The number of aliphatic hydroxyl groups excluding tert-OH is 1. The second-order valence-electron chi connectivity index (χ2n) is 6.28. The number of para-hydroxylation sites is 1. The summed E-state index contributed by atoms with van der Waals surface area (Å²) in [5.41, 5.74) is 2.99. The molecule has 0 saturated carbocycles. The average molecular weight is 363 g/mol. The van der Waals surface area contributed by atoms with Gasteiger partial charge in [-0.3, -0.25) is 0 Å². The molecule has 0 unspecified atom stereocenters. The van der Waals surface area contributed by atoms with Gasteiger partial charge in [0.15, 0.2) is 11.5 Å². The molecule has 0 spiro atoms. The van der Waals surface area contributed by atoms with Gasteiger partial charge in [-0.25, -0.2) is 0 Å². The van der Waals surface area contributed by atoms with Gasteiger partial charge in [0.25, 0.3) is 0 Å². The minimum atomic E-state index is -0.550. The third-order valence-corrected chi connectivity index (χ3v) is 4.34. The Morgan fingerprint density at radius 2 is 1.59 bits per heavy atom. The van der Waals surface area contributed by atoms with Gasteiger partial charge in [-0.2, -0.15) is 0 Å². The van der Waals surface area contributed by atoms with Crippen molar-refractivity contribution in [2.45, 2.75) is 19.3 Å². The van der Waals surface area contributed by atoms with Crippen LogP contribution in [0.3, 0.4) is 0 Å². The highest BCUT2D eigenvalue weighted by Gasteiger charge is 2.12. The Bertz CT molecular complexity index is 822. The first-order chi connectivity index (χ1) is 13.3. The molecule has 0 aliphatic rings. The topological polar surface area (TPSA) is 50.7 Å². The van der Waals surface area contributed by atoms with Gasteiger partial charge in [0.05, 0.1) is 13.2 Å². The number of hydrogen-bond donors (Lipinski definition) is 2. The van der Waals surface area contributed by atoms with Crippen molar-refractivity contribution in [2.24, 2.45) is 0 Å². The van der Waals surface area contributed by atoms with Crippen molar-refractivity contribution in [1.29, 1.82) is 0 Å². The van der Waals surface area contributed by atoms with Crippen LogP contribution in [0.15, 0.2) is 78.9 Å². The number of ether oxygens (including phenoxy) is 2. The minimum Gasteiger partial charge on any atom is -0.493 e. The molecule has 0 radical (unpaired) electrons. The van der Waals surface area contributed by atoms with E-state index in [1.807, 2.05) is 78.9 Å². The van der Waals surface area contributed by atoms with Crippen LogP contribution < -0.4 is 14.8 Å². The maximum absolute atomic E-state index is 10.3. The number of rotatable bonds is 9. The SMILES string of the molecule is COc1cccc(CNC[C@H](O)c2ccccc2)c1OCc1ccccc1. The Morgan fingerprint density at radius 1 is 0.889 bits per heavy atom. The van der Waals surface area contributed by atoms with E-state index < -0.39 is 6.10 Å². The van der Waals surface area contributed by atoms with E-state index in [1.54, 1.807) is 7.11 Å². The minimum absolute atomic E-state index is 0.458. The van der Waals surface area contributed by atoms with Crippen LogP contribution in [0.4, 0.5) is 0 Å². The van der Waals surface area contributed by atoms with E-state index in [-0.39, 0.29) is 0 Å². The lowest BCUT2D eigenvalue weighted by atomic mass is 10.1. The fraction of sp³-hybridized carbons (Fsp3) is 0.217. The second kappa shape index (κ2) is 9.76. The first kappa shape index (κ1) is 19.0. The van der Waals surface area contributed by atoms with Gasteiger partial charge >= 0.3 is 0 Å². The molecule has 4 heteroatoms. The maximum Gasteiger partial charge on any atom is 0.166 e. The molecule has 0 aromatic heterocycles. The van der Waals surface area contributed by atoms with Crippen LogP contribution in [-0.4, -0.2) is 18.8 Å². The van der Waals surface area contributed by atoms with E-state index >= 15 is 0 Å². The van der Waals surface area contributed by atoms with E-state index in [9.17, 15) is 5.11 Å². The van der Waals surface area contributed by atoms with Crippen LogP contribution in [-0.2, 0) is 13.2 Å². The van der Waals surface area contributed by atoms with Gasteiger partial charge in [0.1, 0.15) is 6.61 Å². The average Bonchev–Trinajstić information content (AvgIpc) is 2.73. The zero-order chi connectivity index (χ0) is 18.9. The van der Waals surface area contributed by atoms with Crippen molar-refractivity contribution in [3.63, 3.8) is 0 Å². The Balaban J connectivity index is 1.64. The zero-order valence-corrected chi connectivity index (χ0v) is 15.5. The number of methoxy groups -OCH3 is 1. The Labute approximate surface area is 160 Å². The van der Waals surface area contributed by atoms with Gasteiger partial charge < -0.3 is 19.9 Å². The normalized spacial score (nSPS) is 11.8. The van der Waals surface area contributed by atoms with E-state index in [1.165, 1.54) is 0 Å². The summed E-state index contributed by atoms with van der Waals surface area (Å²) < 4.78 is 11.5. The Morgan fingerprint density at radius 3 is 2.30 bits per heavy atom. The molecule has 1 atom stereocenters. The van der Waals surface area contributed by atoms with Gasteiger partial charge in [-0.1, -0.05) is 72.8 Å². The lowest BCUT2D eigenvalue weighted by molar-refractivity contribution is 0.174. The molecular weight excluding hydrogens is 338 g/mol. The summed E-state index contributed by atoms with van der Waals surface area (Å²) in [6.45, 7) is 1.51. The van der Waals surface area contributed by atoms with Crippen LogP contribution in [0.5, 0.6) is 11.5 Å². The van der Waals surface area contributed by atoms with Crippen molar-refractivity contribution < 1.29 is 14.6 Å². The standard InChI is InChI=1S/C23H25NO3/c1-26-22-14-8-13-20(23(22)27-17-18-9-4-2-5-10-18)15-24-16-21(25)19-11-6-3-7-12-19/h2-14,21,24-25H,15-17H2,1H3/t21-/m0/s1. The monoisotopic (exact) mass is 363 g/mol. The van der Waals surface area contributed by atoms with Crippen molar-refractivity contribution in [3.05, 3.63) is 95.6 Å². The summed E-state index contributed by atoms with van der Waals surface area (Å²) in [7, 11) is 1.64. The molecule has 0 bridgehead atoms. The molecule has 3 aromatic carbocycles. The lowest BCUT2D eigenvalue weighted by Crippen LogP contribution is -2.21. The van der Waals surface area contributed by atoms with E-state index in [2.05, 4.69) is 5.32 Å². The van der Waals surface area contributed by atoms with E-state index in [0.29, 0.717) is 25.4 Å². The Kier molecular flexibility index (Phi) is 6.85. The number of benzene rings is 3. The van der Waals surface area contributed by atoms with E-state index in [4.69, 9.17) is 9.47 Å². The fourth-order valence-electron chi connectivity index (χ4n) is 2.89. The number of nitrogens with one attached hydrogen (secondary N) is 1. The van der Waals surface area contributed by atoms with Gasteiger partial charge in [0.2, 0.25) is 0 Å². The highest BCUT2D eigenvalue weighted by Crippen LogP contribution is 2.32.